The molecule has 1 aliphatic carbocycles. The number of unbranched alkanes of at least 4 members (excludes halogenated alkanes) is 1. The number of piperidine rings is 1. The van der Waals surface area contributed by atoms with Crippen LogP contribution in [0.5, 0.6) is 11.6 Å². The number of rotatable bonds is 7. The standard InChI is InChI=1S/C21H29N3O4.ClH/c25-18-12-21(7-1-2-8-21)13-19(26)24(18)11-4-3-9-22-14-16-15-27-17-6-5-10-23-20(17)28-16;/h5-6,10,16,22H,1-4,7-9,11-15H2;1H. The molecule has 1 spiro atoms. The Morgan fingerprint density at radius 2 is 1.93 bits per heavy atom. The predicted octanol–water partition coefficient (Wildman–Crippen LogP) is 2.72. The van der Waals surface area contributed by atoms with Crippen molar-refractivity contribution < 1.29 is 19.1 Å². The minimum absolute atomic E-state index is 0. The van der Waals surface area contributed by atoms with E-state index < -0.39 is 0 Å². The summed E-state index contributed by atoms with van der Waals surface area (Å²) in [5.74, 6) is 1.30. The topological polar surface area (TPSA) is 80.8 Å². The lowest BCUT2D eigenvalue weighted by atomic mass is 9.76. The van der Waals surface area contributed by atoms with Crippen molar-refractivity contribution in [2.45, 2.75) is 57.5 Å². The highest BCUT2D eigenvalue weighted by molar-refractivity contribution is 5.98. The van der Waals surface area contributed by atoms with E-state index in [1.807, 2.05) is 12.1 Å². The Morgan fingerprint density at radius 3 is 2.69 bits per heavy atom. The van der Waals surface area contributed by atoms with Crippen molar-refractivity contribution in [3.63, 3.8) is 0 Å². The third-order valence-corrected chi connectivity index (χ3v) is 6.12. The van der Waals surface area contributed by atoms with Crippen LogP contribution in [0, 0.1) is 5.41 Å². The molecule has 1 N–H and O–H groups in total. The molecule has 2 aliphatic heterocycles. The third kappa shape index (κ3) is 5.20. The number of imide groups is 1. The molecule has 1 atom stereocenters. The first-order chi connectivity index (χ1) is 13.7. The maximum atomic E-state index is 12.4. The Hall–Kier alpha value is -1.86. The summed E-state index contributed by atoms with van der Waals surface area (Å²) < 4.78 is 11.5. The molecule has 3 aliphatic rings. The molecule has 2 fully saturated rings. The van der Waals surface area contributed by atoms with Crippen LogP contribution >= 0.6 is 12.4 Å². The van der Waals surface area contributed by atoms with Crippen molar-refractivity contribution in [1.82, 2.24) is 15.2 Å². The van der Waals surface area contributed by atoms with Crippen LogP contribution in [0.4, 0.5) is 0 Å². The van der Waals surface area contributed by atoms with E-state index in [4.69, 9.17) is 9.47 Å². The number of nitrogens with one attached hydrogen (secondary N) is 1. The fourth-order valence-electron chi connectivity index (χ4n) is 4.59. The molecule has 0 radical (unpaired) electrons. The summed E-state index contributed by atoms with van der Waals surface area (Å²) in [6.07, 6.45) is 8.87. The van der Waals surface area contributed by atoms with Gasteiger partial charge in [-0.05, 0) is 49.8 Å². The van der Waals surface area contributed by atoms with Gasteiger partial charge in [0, 0.05) is 32.1 Å². The van der Waals surface area contributed by atoms with Gasteiger partial charge in [-0.1, -0.05) is 12.8 Å². The highest BCUT2D eigenvalue weighted by Crippen LogP contribution is 2.46. The summed E-state index contributed by atoms with van der Waals surface area (Å²) in [5, 5.41) is 3.36. The number of hydrogen-bond donors (Lipinski definition) is 1. The number of carbonyl (C=O) groups is 2. The molecule has 1 aromatic rings. The Labute approximate surface area is 177 Å². The smallest absolute Gasteiger partial charge is 0.257 e. The summed E-state index contributed by atoms with van der Waals surface area (Å²) in [4.78, 5) is 30.6. The van der Waals surface area contributed by atoms with E-state index in [1.165, 1.54) is 4.90 Å². The highest BCUT2D eigenvalue weighted by atomic mass is 35.5. The number of pyridine rings is 1. The maximum Gasteiger partial charge on any atom is 0.257 e. The first-order valence-corrected chi connectivity index (χ1v) is 10.4. The first-order valence-electron chi connectivity index (χ1n) is 10.4. The SMILES string of the molecule is Cl.O=C1CC2(CCCC2)CC(=O)N1CCCCNCC1COc2cccnc2O1. The zero-order valence-corrected chi connectivity index (χ0v) is 17.5. The number of carbonyl (C=O) groups excluding carboxylic acids is 2. The second-order valence-corrected chi connectivity index (χ2v) is 8.27. The molecule has 0 aromatic carbocycles. The van der Waals surface area contributed by atoms with Crippen molar-refractivity contribution in [3.8, 4) is 11.6 Å². The van der Waals surface area contributed by atoms with Crippen molar-refractivity contribution >= 4 is 24.2 Å². The van der Waals surface area contributed by atoms with Gasteiger partial charge < -0.3 is 14.8 Å². The summed E-state index contributed by atoms with van der Waals surface area (Å²) in [7, 11) is 0. The number of ether oxygens (including phenoxy) is 2. The summed E-state index contributed by atoms with van der Waals surface area (Å²) in [6.45, 7) is 2.54. The molecule has 1 unspecified atom stereocenters. The lowest BCUT2D eigenvalue weighted by molar-refractivity contribution is -0.153. The summed E-state index contributed by atoms with van der Waals surface area (Å²) in [6, 6.07) is 3.68. The van der Waals surface area contributed by atoms with Crippen molar-refractivity contribution in [3.05, 3.63) is 18.3 Å². The third-order valence-electron chi connectivity index (χ3n) is 6.12. The quantitative estimate of drug-likeness (QED) is 0.536. The molecule has 4 rings (SSSR count). The van der Waals surface area contributed by atoms with Crippen LogP contribution in [-0.4, -0.2) is 54.0 Å². The van der Waals surface area contributed by atoms with Crippen LogP contribution in [-0.2, 0) is 9.59 Å². The lowest BCUT2D eigenvalue weighted by Gasteiger charge is -2.37. The van der Waals surface area contributed by atoms with Crippen molar-refractivity contribution in [2.24, 2.45) is 5.41 Å². The van der Waals surface area contributed by atoms with Crippen LogP contribution in [0.15, 0.2) is 18.3 Å². The predicted molar refractivity (Wildman–Crippen MR) is 110 cm³/mol. The molecular formula is C21H30ClN3O4. The van der Waals surface area contributed by atoms with E-state index in [2.05, 4.69) is 10.3 Å². The number of likely N-dealkylation sites (tertiary alicyclic amines) is 1. The van der Waals surface area contributed by atoms with E-state index >= 15 is 0 Å². The van der Waals surface area contributed by atoms with Gasteiger partial charge in [-0.25, -0.2) is 4.98 Å². The van der Waals surface area contributed by atoms with Crippen LogP contribution in [0.25, 0.3) is 0 Å². The summed E-state index contributed by atoms with van der Waals surface area (Å²) >= 11 is 0. The number of hydrogen-bond acceptors (Lipinski definition) is 6. The fourth-order valence-corrected chi connectivity index (χ4v) is 4.59. The Bertz CT molecular complexity index is 704. The molecular weight excluding hydrogens is 394 g/mol. The number of nitrogens with zero attached hydrogens (tertiary/aromatic N) is 2. The van der Waals surface area contributed by atoms with Crippen molar-refractivity contribution in [1.29, 1.82) is 0 Å². The normalized spacial score (nSPS) is 22.6. The highest BCUT2D eigenvalue weighted by Gasteiger charge is 2.44. The van der Waals surface area contributed by atoms with Crippen LogP contribution in [0.3, 0.4) is 0 Å². The van der Waals surface area contributed by atoms with Gasteiger partial charge >= 0.3 is 0 Å². The fraction of sp³-hybridized carbons (Fsp3) is 0.667. The molecule has 0 bridgehead atoms. The van der Waals surface area contributed by atoms with Gasteiger partial charge in [0.05, 0.1) is 0 Å². The van der Waals surface area contributed by atoms with Gasteiger partial charge in [0.1, 0.15) is 12.7 Å². The van der Waals surface area contributed by atoms with Crippen LogP contribution in [0.2, 0.25) is 0 Å². The monoisotopic (exact) mass is 423 g/mol. The van der Waals surface area contributed by atoms with E-state index in [-0.39, 0.29) is 35.7 Å². The molecule has 7 nitrogen and oxygen atoms in total. The minimum Gasteiger partial charge on any atom is -0.484 e. The Kier molecular flexibility index (Phi) is 7.35. The molecule has 2 amide bonds. The Morgan fingerprint density at radius 1 is 1.17 bits per heavy atom. The first kappa shape index (κ1) is 21.8. The lowest BCUT2D eigenvalue weighted by Crippen LogP contribution is -2.47. The number of halogens is 1. The van der Waals surface area contributed by atoms with E-state index in [0.29, 0.717) is 44.2 Å². The van der Waals surface area contributed by atoms with E-state index in [0.717, 1.165) is 45.1 Å². The van der Waals surface area contributed by atoms with E-state index in [9.17, 15) is 9.59 Å². The van der Waals surface area contributed by atoms with Crippen LogP contribution in [0.1, 0.15) is 51.4 Å². The molecule has 160 valence electrons. The van der Waals surface area contributed by atoms with Gasteiger partial charge in [0.25, 0.3) is 5.88 Å². The molecule has 1 saturated heterocycles. The zero-order valence-electron chi connectivity index (χ0n) is 16.7. The van der Waals surface area contributed by atoms with Gasteiger partial charge in [-0.15, -0.1) is 12.4 Å². The number of amides is 2. The van der Waals surface area contributed by atoms with E-state index in [1.54, 1.807) is 6.20 Å². The molecule has 1 aromatic heterocycles. The maximum absolute atomic E-state index is 12.4. The second kappa shape index (κ2) is 9.76. The molecule has 8 heteroatoms. The van der Waals surface area contributed by atoms with Gasteiger partial charge in [0.2, 0.25) is 11.8 Å². The minimum atomic E-state index is -0.0600. The summed E-state index contributed by atoms with van der Waals surface area (Å²) in [5.41, 5.74) is -0.0121. The average Bonchev–Trinajstić information content (AvgIpc) is 3.13. The van der Waals surface area contributed by atoms with Crippen molar-refractivity contribution in [2.75, 3.05) is 26.2 Å². The molecule has 3 heterocycles. The zero-order chi connectivity index (χ0) is 19.4. The van der Waals surface area contributed by atoms with Gasteiger partial charge in [-0.3, -0.25) is 14.5 Å². The Balaban J connectivity index is 0.00000240. The number of fused-ring (bicyclic) bond motifs is 1. The average molecular weight is 424 g/mol. The van der Waals surface area contributed by atoms with Crippen LogP contribution < -0.4 is 14.8 Å². The molecule has 1 saturated carbocycles. The molecule has 29 heavy (non-hydrogen) atoms. The van der Waals surface area contributed by atoms with Gasteiger partial charge in [0.15, 0.2) is 5.75 Å². The van der Waals surface area contributed by atoms with Gasteiger partial charge in [-0.2, -0.15) is 0 Å². The number of aromatic nitrogens is 1. The second-order valence-electron chi connectivity index (χ2n) is 8.27. The largest absolute Gasteiger partial charge is 0.484 e.